The van der Waals surface area contributed by atoms with Crippen molar-refractivity contribution in [3.63, 3.8) is 0 Å². The Hall–Kier alpha value is -2.22. The topological polar surface area (TPSA) is 87.7 Å². The van der Waals surface area contributed by atoms with Crippen LogP contribution in [-0.4, -0.2) is 60.1 Å². The van der Waals surface area contributed by atoms with E-state index < -0.39 is 23.8 Å². The lowest BCUT2D eigenvalue weighted by Crippen LogP contribution is -2.52. The van der Waals surface area contributed by atoms with Gasteiger partial charge in [-0.25, -0.2) is 4.79 Å². The second-order valence-electron chi connectivity index (χ2n) is 9.34. The molecule has 0 bridgehead atoms. The van der Waals surface area contributed by atoms with Crippen molar-refractivity contribution < 1.29 is 19.1 Å². The van der Waals surface area contributed by atoms with E-state index in [9.17, 15) is 14.4 Å². The Bertz CT molecular complexity index is 807. The number of carbonyl (C=O) groups is 3. The van der Waals surface area contributed by atoms with Crippen molar-refractivity contribution in [1.29, 1.82) is 0 Å². The standard InChI is InChI=1S/C25H41N3O4S/c1-9-10-14-26-22(29)21(19-12-11-17(2)16-18(19)3)28(7)23(30)20(13-15-33-8)27-24(31)32-25(4,5)6/h11-12,16,20-21H,9-10,13-15H2,1-8H3,(H,26,29)(H,27,31). The number of nitrogens with zero attached hydrogens (tertiary/aromatic N) is 1. The molecule has 2 N–H and O–H groups in total. The van der Waals surface area contributed by atoms with Crippen LogP contribution in [0.15, 0.2) is 18.2 Å². The molecular weight excluding hydrogens is 438 g/mol. The number of nitrogens with one attached hydrogen (secondary N) is 2. The summed E-state index contributed by atoms with van der Waals surface area (Å²) in [6.07, 6.45) is 3.55. The first-order valence-electron chi connectivity index (χ1n) is 11.5. The molecule has 0 heterocycles. The van der Waals surface area contributed by atoms with Gasteiger partial charge in [0.1, 0.15) is 17.7 Å². The number of benzene rings is 1. The highest BCUT2D eigenvalue weighted by Gasteiger charge is 2.34. The molecule has 1 rings (SSSR count). The summed E-state index contributed by atoms with van der Waals surface area (Å²) < 4.78 is 5.36. The van der Waals surface area contributed by atoms with Crippen molar-refractivity contribution in [2.24, 2.45) is 0 Å². The van der Waals surface area contributed by atoms with Gasteiger partial charge < -0.3 is 20.3 Å². The Balaban J connectivity index is 3.23. The zero-order valence-electron chi connectivity index (χ0n) is 21.4. The Morgan fingerprint density at radius 3 is 2.39 bits per heavy atom. The number of likely N-dealkylation sites (N-methyl/N-ethyl adjacent to an activating group) is 1. The van der Waals surface area contributed by atoms with Crippen LogP contribution in [0.1, 0.15) is 69.7 Å². The number of alkyl carbamates (subject to hydrolysis) is 1. The van der Waals surface area contributed by atoms with E-state index in [1.807, 2.05) is 38.3 Å². The second kappa shape index (κ2) is 13.5. The van der Waals surface area contributed by atoms with Crippen LogP contribution in [0.4, 0.5) is 4.79 Å². The molecule has 3 amide bonds. The van der Waals surface area contributed by atoms with Crippen molar-refractivity contribution >= 4 is 29.7 Å². The van der Waals surface area contributed by atoms with Gasteiger partial charge in [0.25, 0.3) is 0 Å². The van der Waals surface area contributed by atoms with Crippen molar-refractivity contribution in [2.45, 2.75) is 78.5 Å². The molecule has 33 heavy (non-hydrogen) atoms. The predicted molar refractivity (Wildman–Crippen MR) is 136 cm³/mol. The summed E-state index contributed by atoms with van der Waals surface area (Å²) in [5.41, 5.74) is 2.11. The van der Waals surface area contributed by atoms with Gasteiger partial charge in [-0.1, -0.05) is 37.1 Å². The highest BCUT2D eigenvalue weighted by Crippen LogP contribution is 2.25. The maximum atomic E-state index is 13.5. The molecule has 0 aliphatic rings. The summed E-state index contributed by atoms with van der Waals surface area (Å²) in [7, 11) is 1.62. The van der Waals surface area contributed by atoms with Gasteiger partial charge in [0.15, 0.2) is 0 Å². The Morgan fingerprint density at radius 1 is 1.18 bits per heavy atom. The van der Waals surface area contributed by atoms with Crippen LogP contribution in [0.25, 0.3) is 0 Å². The molecule has 8 heteroatoms. The number of hydrogen-bond donors (Lipinski definition) is 2. The molecule has 0 radical (unpaired) electrons. The van der Waals surface area contributed by atoms with Crippen LogP contribution in [0.2, 0.25) is 0 Å². The molecule has 0 saturated heterocycles. The third-order valence-corrected chi connectivity index (χ3v) is 5.78. The fraction of sp³-hybridized carbons (Fsp3) is 0.640. The summed E-state index contributed by atoms with van der Waals surface area (Å²) in [4.78, 5) is 40.6. The molecule has 0 aliphatic carbocycles. The maximum Gasteiger partial charge on any atom is 0.408 e. The molecule has 186 valence electrons. The van der Waals surface area contributed by atoms with Crippen LogP contribution in [0, 0.1) is 13.8 Å². The van der Waals surface area contributed by atoms with E-state index in [1.165, 1.54) is 4.90 Å². The molecule has 1 aromatic carbocycles. The molecule has 0 saturated carbocycles. The monoisotopic (exact) mass is 479 g/mol. The highest BCUT2D eigenvalue weighted by atomic mass is 32.2. The molecule has 7 nitrogen and oxygen atoms in total. The third-order valence-electron chi connectivity index (χ3n) is 5.13. The SMILES string of the molecule is CCCCNC(=O)C(c1ccc(C)cc1C)N(C)C(=O)C(CCSC)NC(=O)OC(C)(C)C. The van der Waals surface area contributed by atoms with Gasteiger partial charge in [-0.05, 0) is 70.6 Å². The summed E-state index contributed by atoms with van der Waals surface area (Å²) in [6.45, 7) is 11.9. The average Bonchev–Trinajstić information content (AvgIpc) is 2.71. The Labute approximate surface area is 203 Å². The van der Waals surface area contributed by atoms with Crippen LogP contribution in [0.5, 0.6) is 0 Å². The molecule has 2 atom stereocenters. The van der Waals surface area contributed by atoms with Crippen molar-refractivity contribution in [1.82, 2.24) is 15.5 Å². The average molecular weight is 480 g/mol. The number of hydrogen-bond acceptors (Lipinski definition) is 5. The number of aryl methyl sites for hydroxylation is 2. The largest absolute Gasteiger partial charge is 0.444 e. The third kappa shape index (κ3) is 9.66. The Kier molecular flexibility index (Phi) is 11.8. The van der Waals surface area contributed by atoms with Gasteiger partial charge in [-0.3, -0.25) is 9.59 Å². The van der Waals surface area contributed by atoms with Crippen LogP contribution >= 0.6 is 11.8 Å². The normalized spacial score (nSPS) is 13.1. The first-order valence-corrected chi connectivity index (χ1v) is 12.9. The minimum Gasteiger partial charge on any atom is -0.444 e. The van der Waals surface area contributed by atoms with E-state index in [0.29, 0.717) is 18.7 Å². The zero-order valence-corrected chi connectivity index (χ0v) is 22.2. The van der Waals surface area contributed by atoms with Crippen LogP contribution in [-0.2, 0) is 14.3 Å². The van der Waals surface area contributed by atoms with Gasteiger partial charge in [0.05, 0.1) is 0 Å². The van der Waals surface area contributed by atoms with Gasteiger partial charge >= 0.3 is 6.09 Å². The van der Waals surface area contributed by atoms with Gasteiger partial charge in [0.2, 0.25) is 11.8 Å². The number of rotatable bonds is 11. The van der Waals surface area contributed by atoms with E-state index in [1.54, 1.807) is 39.6 Å². The molecule has 0 spiro atoms. The zero-order chi connectivity index (χ0) is 25.2. The van der Waals surface area contributed by atoms with Crippen molar-refractivity contribution in [2.75, 3.05) is 25.6 Å². The summed E-state index contributed by atoms with van der Waals surface area (Å²) in [5.74, 6) is 0.120. The van der Waals surface area contributed by atoms with Gasteiger partial charge in [-0.2, -0.15) is 11.8 Å². The van der Waals surface area contributed by atoms with E-state index >= 15 is 0 Å². The maximum absolute atomic E-state index is 13.5. The van der Waals surface area contributed by atoms with E-state index in [2.05, 4.69) is 17.6 Å². The molecule has 0 aromatic heterocycles. The van der Waals surface area contributed by atoms with E-state index in [-0.39, 0.29) is 11.8 Å². The quantitative estimate of drug-likeness (QED) is 0.460. The molecular formula is C25H41N3O4S. The Morgan fingerprint density at radius 2 is 1.85 bits per heavy atom. The second-order valence-corrected chi connectivity index (χ2v) is 10.3. The van der Waals surface area contributed by atoms with E-state index in [0.717, 1.165) is 29.5 Å². The molecule has 0 aliphatic heterocycles. The fourth-order valence-electron chi connectivity index (χ4n) is 3.46. The smallest absolute Gasteiger partial charge is 0.408 e. The number of unbranched alkanes of at least 4 members (excludes halogenated alkanes) is 1. The van der Waals surface area contributed by atoms with Gasteiger partial charge in [0, 0.05) is 13.6 Å². The first-order chi connectivity index (χ1) is 15.4. The lowest BCUT2D eigenvalue weighted by atomic mass is 9.96. The number of thioether (sulfide) groups is 1. The molecule has 0 fully saturated rings. The molecule has 2 unspecified atom stereocenters. The first kappa shape index (κ1) is 28.8. The minimum absolute atomic E-state index is 0.230. The minimum atomic E-state index is -0.799. The fourth-order valence-corrected chi connectivity index (χ4v) is 3.93. The lowest BCUT2D eigenvalue weighted by Gasteiger charge is -2.32. The van der Waals surface area contributed by atoms with Crippen molar-refractivity contribution in [3.8, 4) is 0 Å². The van der Waals surface area contributed by atoms with Crippen molar-refractivity contribution in [3.05, 3.63) is 34.9 Å². The van der Waals surface area contributed by atoms with Crippen LogP contribution in [0.3, 0.4) is 0 Å². The van der Waals surface area contributed by atoms with Gasteiger partial charge in [-0.15, -0.1) is 0 Å². The number of ether oxygens (including phenoxy) is 1. The number of amides is 3. The summed E-state index contributed by atoms with van der Waals surface area (Å²) in [6, 6.07) is 4.25. The summed E-state index contributed by atoms with van der Waals surface area (Å²) in [5, 5.41) is 5.68. The highest BCUT2D eigenvalue weighted by molar-refractivity contribution is 7.98. The predicted octanol–water partition coefficient (Wildman–Crippen LogP) is 4.37. The lowest BCUT2D eigenvalue weighted by molar-refractivity contribution is -0.140. The number of carbonyl (C=O) groups excluding carboxylic acids is 3. The van der Waals surface area contributed by atoms with Crippen LogP contribution < -0.4 is 10.6 Å². The van der Waals surface area contributed by atoms with E-state index in [4.69, 9.17) is 4.74 Å². The molecule has 1 aromatic rings. The summed E-state index contributed by atoms with van der Waals surface area (Å²) >= 11 is 1.59.